The van der Waals surface area contributed by atoms with Crippen molar-refractivity contribution in [2.75, 3.05) is 12.4 Å². The Labute approximate surface area is 178 Å². The zero-order chi connectivity index (χ0) is 20.5. The number of rotatable bonds is 4. The summed E-state index contributed by atoms with van der Waals surface area (Å²) in [6, 6.07) is 23.6. The van der Waals surface area contributed by atoms with Crippen molar-refractivity contribution in [1.82, 2.24) is 0 Å². The van der Waals surface area contributed by atoms with Crippen molar-refractivity contribution in [2.24, 2.45) is 10.9 Å². The highest BCUT2D eigenvalue weighted by Gasteiger charge is 2.37. The van der Waals surface area contributed by atoms with Crippen molar-refractivity contribution in [3.63, 3.8) is 0 Å². The number of aliphatic imine (C=N–C) groups is 1. The van der Waals surface area contributed by atoms with Crippen molar-refractivity contribution < 1.29 is 4.74 Å². The highest BCUT2D eigenvalue weighted by atomic mass is 16.5. The van der Waals surface area contributed by atoms with Gasteiger partial charge in [0.1, 0.15) is 5.75 Å². The lowest BCUT2D eigenvalue weighted by Crippen LogP contribution is -2.29. The Kier molecular flexibility index (Phi) is 4.88. The van der Waals surface area contributed by atoms with Crippen LogP contribution in [0.2, 0.25) is 0 Å². The van der Waals surface area contributed by atoms with Gasteiger partial charge in [-0.3, -0.25) is 4.99 Å². The number of methoxy groups -OCH3 is 1. The van der Waals surface area contributed by atoms with Gasteiger partial charge >= 0.3 is 0 Å². The highest BCUT2D eigenvalue weighted by molar-refractivity contribution is 5.82. The first-order valence-electron chi connectivity index (χ1n) is 10.5. The number of fused-ring (bicyclic) bond motifs is 3. The molecule has 5 rings (SSSR count). The second-order valence-corrected chi connectivity index (χ2v) is 8.19. The highest BCUT2D eigenvalue weighted by Crippen LogP contribution is 2.50. The van der Waals surface area contributed by atoms with E-state index in [1.807, 2.05) is 30.5 Å². The molecule has 0 fully saturated rings. The van der Waals surface area contributed by atoms with E-state index in [2.05, 4.69) is 71.8 Å². The maximum absolute atomic E-state index is 5.21. The van der Waals surface area contributed by atoms with E-state index >= 15 is 0 Å². The van der Waals surface area contributed by atoms with E-state index in [1.54, 1.807) is 7.11 Å². The van der Waals surface area contributed by atoms with Gasteiger partial charge in [-0.2, -0.15) is 0 Å². The number of anilines is 1. The minimum Gasteiger partial charge on any atom is -0.497 e. The minimum atomic E-state index is 0.319. The molecule has 0 unspecified atom stereocenters. The summed E-state index contributed by atoms with van der Waals surface area (Å²) in [6.45, 7) is 2.17. The molecule has 2 aliphatic rings. The van der Waals surface area contributed by atoms with Gasteiger partial charge in [-0.15, -0.1) is 0 Å². The smallest absolute Gasteiger partial charge is 0.118 e. The average Bonchev–Trinajstić information content (AvgIpc) is 3.28. The Morgan fingerprint density at radius 3 is 2.57 bits per heavy atom. The SMILES string of the molecule is COc1ccc(C=Nc2ccc([C@@H]3Nc4ccc(C)cc4[C@@H]4C=CC[C@@H]43)cc2)cc1. The molecule has 3 heteroatoms. The molecule has 0 amide bonds. The molecule has 0 aromatic heterocycles. The van der Waals surface area contributed by atoms with Crippen LogP contribution in [0.15, 0.2) is 83.9 Å². The lowest BCUT2D eigenvalue weighted by atomic mass is 9.76. The first-order chi connectivity index (χ1) is 14.7. The summed E-state index contributed by atoms with van der Waals surface area (Å²) in [5, 5.41) is 3.81. The zero-order valence-corrected chi connectivity index (χ0v) is 17.4. The fourth-order valence-corrected chi connectivity index (χ4v) is 4.65. The lowest BCUT2D eigenvalue weighted by Gasteiger charge is -2.37. The standard InChI is InChI=1S/C27H26N2O/c1-18-6-15-26-25(16-18)23-4-3-5-24(23)27(29-26)20-9-11-21(12-10-20)28-17-19-7-13-22(30-2)14-8-19/h3-4,6-17,23-24,27,29H,5H2,1-2H3/t23-,24+,27+/m1/s1. The Morgan fingerprint density at radius 2 is 1.80 bits per heavy atom. The summed E-state index contributed by atoms with van der Waals surface area (Å²) in [5.41, 5.74) is 7.37. The molecule has 1 aliphatic carbocycles. The van der Waals surface area contributed by atoms with E-state index in [0.29, 0.717) is 17.9 Å². The quantitative estimate of drug-likeness (QED) is 0.400. The van der Waals surface area contributed by atoms with Crippen LogP contribution in [0.25, 0.3) is 0 Å². The van der Waals surface area contributed by atoms with Crippen LogP contribution in [0.3, 0.4) is 0 Å². The van der Waals surface area contributed by atoms with Crippen LogP contribution in [0.4, 0.5) is 11.4 Å². The number of hydrogen-bond acceptors (Lipinski definition) is 3. The Balaban J connectivity index is 1.36. The third-order valence-electron chi connectivity index (χ3n) is 6.25. The summed E-state index contributed by atoms with van der Waals surface area (Å²) < 4.78 is 5.21. The second kappa shape index (κ2) is 7.83. The molecule has 150 valence electrons. The van der Waals surface area contributed by atoms with Gasteiger partial charge in [0.15, 0.2) is 0 Å². The maximum Gasteiger partial charge on any atom is 0.118 e. The Hall–Kier alpha value is -3.33. The topological polar surface area (TPSA) is 33.6 Å². The van der Waals surface area contributed by atoms with Crippen molar-refractivity contribution in [3.8, 4) is 5.75 Å². The monoisotopic (exact) mass is 394 g/mol. The van der Waals surface area contributed by atoms with Crippen LogP contribution in [0.5, 0.6) is 5.75 Å². The molecule has 3 aromatic carbocycles. The normalized spacial score (nSPS) is 21.9. The largest absolute Gasteiger partial charge is 0.497 e. The third-order valence-corrected chi connectivity index (χ3v) is 6.25. The Morgan fingerprint density at radius 1 is 1.00 bits per heavy atom. The number of nitrogens with one attached hydrogen (secondary N) is 1. The number of aryl methyl sites for hydroxylation is 1. The maximum atomic E-state index is 5.21. The summed E-state index contributed by atoms with van der Waals surface area (Å²) in [5.74, 6) is 1.92. The van der Waals surface area contributed by atoms with Crippen molar-refractivity contribution in [2.45, 2.75) is 25.3 Å². The molecule has 30 heavy (non-hydrogen) atoms. The summed E-state index contributed by atoms with van der Waals surface area (Å²) in [6.07, 6.45) is 7.75. The zero-order valence-electron chi connectivity index (χ0n) is 17.4. The lowest BCUT2D eigenvalue weighted by molar-refractivity contribution is 0.415. The molecule has 0 bridgehead atoms. The third kappa shape index (κ3) is 3.52. The molecule has 1 aliphatic heterocycles. The van der Waals surface area contributed by atoms with E-state index in [-0.39, 0.29) is 0 Å². The predicted octanol–water partition coefficient (Wildman–Crippen LogP) is 6.58. The molecule has 3 nitrogen and oxygen atoms in total. The van der Waals surface area contributed by atoms with Gasteiger partial charge < -0.3 is 10.1 Å². The number of benzene rings is 3. The first-order valence-corrected chi connectivity index (χ1v) is 10.5. The fourth-order valence-electron chi connectivity index (χ4n) is 4.65. The van der Waals surface area contributed by atoms with Crippen LogP contribution >= 0.6 is 0 Å². The van der Waals surface area contributed by atoms with Crippen LogP contribution in [-0.4, -0.2) is 13.3 Å². The van der Waals surface area contributed by atoms with Crippen LogP contribution < -0.4 is 10.1 Å². The van der Waals surface area contributed by atoms with Crippen LogP contribution in [0, 0.1) is 12.8 Å². The number of allylic oxidation sites excluding steroid dienone is 2. The van der Waals surface area contributed by atoms with Gasteiger partial charge in [-0.25, -0.2) is 0 Å². The van der Waals surface area contributed by atoms with Crippen LogP contribution in [-0.2, 0) is 0 Å². The molecule has 0 saturated heterocycles. The second-order valence-electron chi connectivity index (χ2n) is 8.19. The van der Waals surface area contributed by atoms with Gasteiger partial charge in [0.2, 0.25) is 0 Å². The van der Waals surface area contributed by atoms with Crippen molar-refractivity contribution in [1.29, 1.82) is 0 Å². The van der Waals surface area contributed by atoms with Gasteiger partial charge in [-0.1, -0.05) is 42.0 Å². The van der Waals surface area contributed by atoms with Crippen LogP contribution in [0.1, 0.15) is 40.6 Å². The molecule has 0 spiro atoms. The molecular formula is C27H26N2O. The fraction of sp³-hybridized carbons (Fsp3) is 0.222. The van der Waals surface area contributed by atoms with E-state index in [4.69, 9.17) is 4.74 Å². The van der Waals surface area contributed by atoms with E-state index in [9.17, 15) is 0 Å². The number of ether oxygens (including phenoxy) is 1. The van der Waals surface area contributed by atoms with Crippen molar-refractivity contribution >= 4 is 17.6 Å². The summed E-state index contributed by atoms with van der Waals surface area (Å²) in [7, 11) is 1.68. The van der Waals surface area contributed by atoms with Gasteiger partial charge in [0.05, 0.1) is 18.8 Å². The van der Waals surface area contributed by atoms with E-state index in [1.165, 1.54) is 22.4 Å². The summed E-state index contributed by atoms with van der Waals surface area (Å²) >= 11 is 0. The molecule has 0 saturated carbocycles. The molecule has 3 atom stereocenters. The summed E-state index contributed by atoms with van der Waals surface area (Å²) in [4.78, 5) is 4.63. The molecule has 0 radical (unpaired) electrons. The van der Waals surface area contributed by atoms with Gasteiger partial charge in [0.25, 0.3) is 0 Å². The number of nitrogens with zero attached hydrogens (tertiary/aromatic N) is 1. The number of hydrogen-bond donors (Lipinski definition) is 1. The van der Waals surface area contributed by atoms with Crippen molar-refractivity contribution in [3.05, 3.63) is 101 Å². The minimum absolute atomic E-state index is 0.319. The van der Waals surface area contributed by atoms with E-state index < -0.39 is 0 Å². The molecule has 1 N–H and O–H groups in total. The van der Waals surface area contributed by atoms with Gasteiger partial charge in [-0.05, 0) is 78.4 Å². The molecule has 1 heterocycles. The molecular weight excluding hydrogens is 368 g/mol. The average molecular weight is 395 g/mol. The Bertz CT molecular complexity index is 1100. The van der Waals surface area contributed by atoms with E-state index in [0.717, 1.165) is 23.4 Å². The predicted molar refractivity (Wildman–Crippen MR) is 124 cm³/mol. The van der Waals surface area contributed by atoms with Gasteiger partial charge in [0, 0.05) is 17.8 Å². The molecule has 3 aromatic rings. The first kappa shape index (κ1) is 18.7.